The van der Waals surface area contributed by atoms with E-state index in [0.717, 1.165) is 31.8 Å². The fraction of sp³-hybridized carbons (Fsp3) is 0.333. The zero-order chi connectivity index (χ0) is 21.0. The van der Waals surface area contributed by atoms with Gasteiger partial charge in [0.15, 0.2) is 0 Å². The van der Waals surface area contributed by atoms with Crippen LogP contribution in [-0.2, 0) is 4.79 Å². The monoisotopic (exact) mass is 405 g/mol. The number of hydrogen-bond acceptors (Lipinski definition) is 4. The number of amides is 1. The highest BCUT2D eigenvalue weighted by molar-refractivity contribution is 6.53. The molecule has 6 heteroatoms. The van der Waals surface area contributed by atoms with E-state index in [1.165, 1.54) is 22.7 Å². The number of ketones is 1. The highest BCUT2D eigenvalue weighted by Gasteiger charge is 2.47. The fourth-order valence-corrected chi connectivity index (χ4v) is 4.87. The molecule has 2 aromatic rings. The van der Waals surface area contributed by atoms with E-state index < -0.39 is 23.0 Å². The lowest BCUT2D eigenvalue weighted by Gasteiger charge is -2.41. The first-order valence-corrected chi connectivity index (χ1v) is 10.3. The quantitative estimate of drug-likeness (QED) is 0.735. The first-order valence-electron chi connectivity index (χ1n) is 10.3. The Morgan fingerprint density at radius 3 is 2.33 bits per heavy atom. The van der Waals surface area contributed by atoms with Crippen molar-refractivity contribution in [2.45, 2.75) is 19.4 Å². The highest BCUT2D eigenvalue weighted by Crippen LogP contribution is 2.45. The van der Waals surface area contributed by atoms with Gasteiger partial charge in [-0.1, -0.05) is 24.3 Å². The third-order valence-electron chi connectivity index (χ3n) is 6.28. The SMILES string of the molecule is CC1(C)C=C(CN2CCN(c3ccccc3)CC2)c2cc(F)cc3c2N1C(=O)C3=O. The van der Waals surface area contributed by atoms with Crippen LogP contribution in [-0.4, -0.2) is 54.9 Å². The summed E-state index contributed by atoms with van der Waals surface area (Å²) < 4.78 is 14.3. The normalized spacial score (nSPS) is 20.4. The van der Waals surface area contributed by atoms with Crippen LogP contribution in [0.4, 0.5) is 15.8 Å². The number of halogens is 1. The first kappa shape index (κ1) is 19.0. The van der Waals surface area contributed by atoms with E-state index in [4.69, 9.17) is 0 Å². The summed E-state index contributed by atoms with van der Waals surface area (Å²) in [5.41, 5.74) is 2.98. The van der Waals surface area contributed by atoms with Crippen LogP contribution in [0.2, 0.25) is 0 Å². The van der Waals surface area contributed by atoms with E-state index in [0.29, 0.717) is 17.8 Å². The van der Waals surface area contributed by atoms with Crippen LogP contribution in [0.25, 0.3) is 5.57 Å². The predicted molar refractivity (Wildman–Crippen MR) is 115 cm³/mol. The molecule has 3 aliphatic heterocycles. The Kier molecular flexibility index (Phi) is 4.29. The van der Waals surface area contributed by atoms with Crippen LogP contribution in [0.3, 0.4) is 0 Å². The second kappa shape index (κ2) is 6.77. The van der Waals surface area contributed by atoms with E-state index >= 15 is 0 Å². The molecular weight excluding hydrogens is 381 g/mol. The molecule has 5 nitrogen and oxygen atoms in total. The van der Waals surface area contributed by atoms with E-state index in [-0.39, 0.29) is 5.56 Å². The maximum atomic E-state index is 14.3. The summed E-state index contributed by atoms with van der Waals surface area (Å²) in [5, 5.41) is 0. The molecule has 3 heterocycles. The Morgan fingerprint density at radius 2 is 1.63 bits per heavy atom. The van der Waals surface area contributed by atoms with Gasteiger partial charge < -0.3 is 4.90 Å². The molecular formula is C24H24FN3O2. The van der Waals surface area contributed by atoms with Crippen LogP contribution >= 0.6 is 0 Å². The predicted octanol–water partition coefficient (Wildman–Crippen LogP) is 3.35. The lowest BCUT2D eigenvalue weighted by molar-refractivity contribution is -0.115. The number of Topliss-reactive ketones (excluding diaryl/α,β-unsaturated/α-hetero) is 1. The number of carbonyl (C=O) groups excluding carboxylic acids is 2. The van der Waals surface area contributed by atoms with E-state index in [9.17, 15) is 14.0 Å². The molecule has 154 valence electrons. The van der Waals surface area contributed by atoms with Gasteiger partial charge in [0.05, 0.1) is 16.8 Å². The molecule has 1 saturated heterocycles. The maximum Gasteiger partial charge on any atom is 0.300 e. The van der Waals surface area contributed by atoms with Crippen molar-refractivity contribution in [2.24, 2.45) is 0 Å². The molecule has 0 aliphatic carbocycles. The molecule has 0 saturated carbocycles. The van der Waals surface area contributed by atoms with Crippen LogP contribution in [0.1, 0.15) is 29.8 Å². The fourth-order valence-electron chi connectivity index (χ4n) is 4.87. The summed E-state index contributed by atoms with van der Waals surface area (Å²) >= 11 is 0. The molecule has 0 aromatic heterocycles. The van der Waals surface area contributed by atoms with Crippen LogP contribution in [0.15, 0.2) is 48.5 Å². The van der Waals surface area contributed by atoms with Crippen LogP contribution < -0.4 is 9.80 Å². The Hall–Kier alpha value is -2.99. The van der Waals surface area contributed by atoms with Crippen molar-refractivity contribution in [1.82, 2.24) is 4.90 Å². The third kappa shape index (κ3) is 2.94. The standard InChI is InChI=1S/C24H24FN3O2/c1-24(2)14-16(15-26-8-10-27(11-9-26)18-6-4-3-5-7-18)19-12-17(25)13-20-21(19)28(24)23(30)22(20)29/h3-7,12-14H,8-11,15H2,1-2H3. The van der Waals surface area contributed by atoms with Crippen LogP contribution in [0.5, 0.6) is 0 Å². The molecule has 0 atom stereocenters. The minimum Gasteiger partial charge on any atom is -0.369 e. The molecule has 5 rings (SSSR count). The third-order valence-corrected chi connectivity index (χ3v) is 6.28. The van der Waals surface area contributed by atoms with E-state index in [1.54, 1.807) is 0 Å². The topological polar surface area (TPSA) is 43.9 Å². The number of hydrogen-bond donors (Lipinski definition) is 0. The molecule has 0 bridgehead atoms. The van der Waals surface area contributed by atoms with Gasteiger partial charge in [0.2, 0.25) is 0 Å². The molecule has 0 unspecified atom stereocenters. The number of piperazine rings is 1. The smallest absolute Gasteiger partial charge is 0.300 e. The van der Waals surface area contributed by atoms with Gasteiger partial charge in [0, 0.05) is 44.0 Å². The Labute approximate surface area is 175 Å². The zero-order valence-electron chi connectivity index (χ0n) is 17.2. The van der Waals surface area contributed by atoms with Crippen molar-refractivity contribution < 1.29 is 14.0 Å². The summed E-state index contributed by atoms with van der Waals surface area (Å²) in [7, 11) is 0. The van der Waals surface area contributed by atoms with Crippen molar-refractivity contribution in [3.8, 4) is 0 Å². The Bertz CT molecular complexity index is 1070. The Morgan fingerprint density at radius 1 is 0.967 bits per heavy atom. The molecule has 0 N–H and O–H groups in total. The number of benzene rings is 2. The van der Waals surface area contributed by atoms with Crippen molar-refractivity contribution >= 4 is 28.6 Å². The number of anilines is 2. The number of rotatable bonds is 3. The van der Waals surface area contributed by atoms with E-state index in [2.05, 4.69) is 34.1 Å². The average Bonchev–Trinajstić information content (AvgIpc) is 2.99. The molecule has 0 radical (unpaired) electrons. The molecule has 0 spiro atoms. The maximum absolute atomic E-state index is 14.3. The van der Waals surface area contributed by atoms with Crippen molar-refractivity contribution in [3.63, 3.8) is 0 Å². The van der Waals surface area contributed by atoms with Gasteiger partial charge in [-0.05, 0) is 43.7 Å². The zero-order valence-corrected chi connectivity index (χ0v) is 17.2. The first-order chi connectivity index (χ1) is 14.3. The number of para-hydroxylation sites is 1. The van der Waals surface area contributed by atoms with E-state index in [1.807, 2.05) is 26.0 Å². The van der Waals surface area contributed by atoms with Crippen molar-refractivity contribution in [3.05, 3.63) is 65.5 Å². The summed E-state index contributed by atoms with van der Waals surface area (Å²) in [6.07, 6.45) is 2.01. The van der Waals surface area contributed by atoms with Gasteiger partial charge in [-0.2, -0.15) is 0 Å². The minimum absolute atomic E-state index is 0.183. The average molecular weight is 405 g/mol. The molecule has 1 fully saturated rings. The van der Waals surface area contributed by atoms with Crippen molar-refractivity contribution in [1.29, 1.82) is 0 Å². The second-order valence-corrected chi connectivity index (χ2v) is 8.74. The molecule has 30 heavy (non-hydrogen) atoms. The van der Waals surface area contributed by atoms with Gasteiger partial charge in [0.25, 0.3) is 11.7 Å². The molecule has 3 aliphatic rings. The molecule has 1 amide bonds. The minimum atomic E-state index is -0.635. The lowest BCUT2D eigenvalue weighted by atomic mass is 9.88. The summed E-state index contributed by atoms with van der Waals surface area (Å²) in [6, 6.07) is 13.0. The summed E-state index contributed by atoms with van der Waals surface area (Å²) in [4.78, 5) is 31.3. The lowest BCUT2D eigenvalue weighted by Crippen LogP contribution is -2.49. The van der Waals surface area contributed by atoms with Crippen LogP contribution in [0, 0.1) is 5.82 Å². The highest BCUT2D eigenvalue weighted by atomic mass is 19.1. The van der Waals surface area contributed by atoms with Gasteiger partial charge in [0.1, 0.15) is 5.82 Å². The number of carbonyl (C=O) groups is 2. The molecule has 2 aromatic carbocycles. The van der Waals surface area contributed by atoms with Gasteiger partial charge in [-0.15, -0.1) is 0 Å². The summed E-state index contributed by atoms with van der Waals surface area (Å²) in [6.45, 7) is 8.14. The second-order valence-electron chi connectivity index (χ2n) is 8.74. The Balaban J connectivity index is 1.41. The van der Waals surface area contributed by atoms with Gasteiger partial charge in [-0.3, -0.25) is 19.4 Å². The van der Waals surface area contributed by atoms with Gasteiger partial charge in [-0.25, -0.2) is 4.39 Å². The largest absolute Gasteiger partial charge is 0.369 e. The summed E-state index contributed by atoms with van der Waals surface area (Å²) in [5.74, 6) is -1.68. The van der Waals surface area contributed by atoms with Gasteiger partial charge >= 0.3 is 0 Å². The number of nitrogens with zero attached hydrogens (tertiary/aromatic N) is 3. The van der Waals surface area contributed by atoms with Crippen molar-refractivity contribution in [2.75, 3.05) is 42.5 Å².